The van der Waals surface area contributed by atoms with E-state index < -0.39 is 5.41 Å². The minimum Gasteiger partial charge on any atom is -0.497 e. The van der Waals surface area contributed by atoms with Gasteiger partial charge in [0.15, 0.2) is 0 Å². The van der Waals surface area contributed by atoms with E-state index in [1.54, 1.807) is 14.2 Å². The summed E-state index contributed by atoms with van der Waals surface area (Å²) in [6, 6.07) is 12.3. The summed E-state index contributed by atoms with van der Waals surface area (Å²) in [6.07, 6.45) is 6.79. The first-order valence-electron chi connectivity index (χ1n) is 13.1. The first kappa shape index (κ1) is 24.4. The van der Waals surface area contributed by atoms with E-state index in [1.165, 1.54) is 48.6 Å². The number of rotatable bonds is 6. The zero-order chi connectivity index (χ0) is 25.7. The molecular formula is C29H33N3O4S. The molecule has 1 amide bonds. The second-order valence-corrected chi connectivity index (χ2v) is 11.3. The Morgan fingerprint density at radius 2 is 1.89 bits per heavy atom. The fraction of sp³-hybridized carbons (Fsp3) is 0.448. The average molecular weight is 520 g/mol. The molecule has 194 valence electrons. The van der Waals surface area contributed by atoms with Crippen molar-refractivity contribution < 1.29 is 19.1 Å². The van der Waals surface area contributed by atoms with E-state index in [4.69, 9.17) is 9.47 Å². The Morgan fingerprint density at radius 3 is 2.62 bits per heavy atom. The van der Waals surface area contributed by atoms with Crippen LogP contribution < -0.4 is 14.2 Å². The van der Waals surface area contributed by atoms with E-state index in [2.05, 4.69) is 32.2 Å². The monoisotopic (exact) mass is 519 g/mol. The van der Waals surface area contributed by atoms with E-state index >= 15 is 0 Å². The van der Waals surface area contributed by atoms with Crippen LogP contribution in [0.1, 0.15) is 71.8 Å². The third-order valence-corrected chi connectivity index (χ3v) is 9.11. The number of aromatic nitrogens is 1. The highest BCUT2D eigenvalue weighted by Crippen LogP contribution is 2.65. The molecule has 2 aliphatic carbocycles. The normalized spacial score (nSPS) is 22.4. The van der Waals surface area contributed by atoms with Crippen LogP contribution >= 0.6 is 12.1 Å². The summed E-state index contributed by atoms with van der Waals surface area (Å²) in [5.41, 5.74) is 5.88. The minimum absolute atomic E-state index is 0.0812. The summed E-state index contributed by atoms with van der Waals surface area (Å²) in [6.45, 7) is 0.538. The van der Waals surface area contributed by atoms with Gasteiger partial charge in [0, 0.05) is 46.6 Å². The van der Waals surface area contributed by atoms with E-state index in [9.17, 15) is 9.59 Å². The number of benzene rings is 2. The standard InChI is InChI=1S/C29H33N3O4S/c1-30-37-31-27(33)18-9-11-21-24(13-18)32-16-29(28(34)36-3)15-23(29)22-14-19(35-2)10-12-20(22)26(32)25(21)17-7-5-4-6-8-17/h9-14,17,23,30H,4-8,15-16H2,1-3H3,(H,31,33). The molecule has 2 N–H and O–H groups in total. The lowest BCUT2D eigenvalue weighted by Gasteiger charge is -2.24. The molecule has 1 aliphatic heterocycles. The maximum atomic E-state index is 13.3. The molecule has 2 unspecified atom stereocenters. The van der Waals surface area contributed by atoms with Gasteiger partial charge in [-0.2, -0.15) is 0 Å². The molecule has 2 saturated carbocycles. The molecule has 2 fully saturated rings. The maximum absolute atomic E-state index is 13.3. The van der Waals surface area contributed by atoms with E-state index in [-0.39, 0.29) is 17.8 Å². The minimum atomic E-state index is -0.614. The molecule has 0 saturated heterocycles. The molecule has 2 aromatic carbocycles. The summed E-state index contributed by atoms with van der Waals surface area (Å²) in [5, 5.41) is 1.18. The van der Waals surface area contributed by atoms with Gasteiger partial charge in [-0.05, 0) is 73.7 Å². The number of hydrogen-bond acceptors (Lipinski definition) is 6. The van der Waals surface area contributed by atoms with Gasteiger partial charge in [0.2, 0.25) is 0 Å². The highest BCUT2D eigenvalue weighted by Gasteiger charge is 2.63. The number of hydrogen-bond donors (Lipinski definition) is 2. The van der Waals surface area contributed by atoms with Gasteiger partial charge in [0.05, 0.1) is 25.3 Å². The lowest BCUT2D eigenvalue weighted by molar-refractivity contribution is -0.147. The zero-order valence-corrected chi connectivity index (χ0v) is 22.4. The molecule has 0 radical (unpaired) electrons. The average Bonchev–Trinajstić information content (AvgIpc) is 3.61. The Balaban J connectivity index is 1.63. The van der Waals surface area contributed by atoms with Crippen molar-refractivity contribution in [1.29, 1.82) is 0 Å². The van der Waals surface area contributed by atoms with Gasteiger partial charge in [-0.3, -0.25) is 14.3 Å². The number of esters is 1. The van der Waals surface area contributed by atoms with E-state index in [0.29, 0.717) is 18.0 Å². The van der Waals surface area contributed by atoms with Crippen LogP contribution in [0.3, 0.4) is 0 Å². The lowest BCUT2D eigenvalue weighted by atomic mass is 9.81. The molecule has 6 rings (SSSR count). The molecule has 1 aromatic heterocycles. The molecule has 3 aliphatic rings. The number of ether oxygens (including phenoxy) is 2. The summed E-state index contributed by atoms with van der Waals surface area (Å²) < 4.78 is 19.0. The molecular weight excluding hydrogens is 486 g/mol. The fourth-order valence-electron chi connectivity index (χ4n) is 6.77. The number of nitrogens with one attached hydrogen (secondary N) is 2. The topological polar surface area (TPSA) is 81.6 Å². The smallest absolute Gasteiger partial charge is 0.314 e. The third-order valence-electron chi connectivity index (χ3n) is 8.62. The second kappa shape index (κ2) is 9.40. The Labute approximate surface area is 221 Å². The van der Waals surface area contributed by atoms with Crippen LogP contribution in [-0.2, 0) is 16.1 Å². The predicted molar refractivity (Wildman–Crippen MR) is 146 cm³/mol. The van der Waals surface area contributed by atoms with Crippen molar-refractivity contribution in [1.82, 2.24) is 14.0 Å². The van der Waals surface area contributed by atoms with E-state index in [0.717, 1.165) is 48.2 Å². The summed E-state index contributed by atoms with van der Waals surface area (Å²) in [7, 11) is 4.93. The highest BCUT2D eigenvalue weighted by molar-refractivity contribution is 7.96. The quantitative estimate of drug-likeness (QED) is 0.329. The number of nitrogens with zero attached hydrogens (tertiary/aromatic N) is 1. The van der Waals surface area contributed by atoms with Crippen LogP contribution in [0.5, 0.6) is 5.75 Å². The van der Waals surface area contributed by atoms with Gasteiger partial charge < -0.3 is 14.0 Å². The van der Waals surface area contributed by atoms with Crippen molar-refractivity contribution in [3.8, 4) is 17.0 Å². The molecule has 7 nitrogen and oxygen atoms in total. The number of carbonyl (C=O) groups excluding carboxylic acids is 2. The molecule has 2 heterocycles. The first-order chi connectivity index (χ1) is 18.0. The van der Waals surface area contributed by atoms with Crippen molar-refractivity contribution in [2.45, 2.75) is 56.9 Å². The lowest BCUT2D eigenvalue weighted by Crippen LogP contribution is -2.24. The summed E-state index contributed by atoms with van der Waals surface area (Å²) in [4.78, 5) is 26.1. The van der Waals surface area contributed by atoms with E-state index in [1.807, 2.05) is 18.2 Å². The van der Waals surface area contributed by atoms with Gasteiger partial charge in [0.25, 0.3) is 5.91 Å². The number of carbonyl (C=O) groups is 2. The van der Waals surface area contributed by atoms with Crippen molar-refractivity contribution >= 4 is 34.9 Å². The largest absolute Gasteiger partial charge is 0.497 e. The fourth-order valence-corrected chi connectivity index (χ4v) is 7.08. The van der Waals surface area contributed by atoms with Crippen LogP contribution in [0.2, 0.25) is 0 Å². The van der Waals surface area contributed by atoms with Crippen molar-refractivity contribution in [3.05, 3.63) is 53.1 Å². The number of amides is 1. The van der Waals surface area contributed by atoms with Crippen molar-refractivity contribution in [3.63, 3.8) is 0 Å². The van der Waals surface area contributed by atoms with Crippen molar-refractivity contribution in [2.75, 3.05) is 21.3 Å². The van der Waals surface area contributed by atoms with Crippen LogP contribution in [0, 0.1) is 5.41 Å². The molecule has 8 heteroatoms. The maximum Gasteiger partial charge on any atom is 0.314 e. The van der Waals surface area contributed by atoms with Crippen LogP contribution in [0.15, 0.2) is 36.4 Å². The number of methoxy groups -OCH3 is 2. The van der Waals surface area contributed by atoms with Crippen LogP contribution in [0.4, 0.5) is 0 Å². The highest BCUT2D eigenvalue weighted by atomic mass is 32.2. The first-order valence-corrected chi connectivity index (χ1v) is 13.9. The van der Waals surface area contributed by atoms with Crippen molar-refractivity contribution in [2.24, 2.45) is 5.41 Å². The molecule has 0 bridgehead atoms. The second-order valence-electron chi connectivity index (χ2n) is 10.5. The molecule has 0 spiro atoms. The Kier molecular flexibility index (Phi) is 6.19. The Morgan fingerprint density at radius 1 is 1.08 bits per heavy atom. The molecule has 37 heavy (non-hydrogen) atoms. The van der Waals surface area contributed by atoms with Gasteiger partial charge in [-0.15, -0.1) is 0 Å². The Hall–Kier alpha value is -2.97. The van der Waals surface area contributed by atoms with Crippen LogP contribution in [0.25, 0.3) is 22.2 Å². The molecule has 2 atom stereocenters. The summed E-state index contributed by atoms with van der Waals surface area (Å²) in [5.74, 6) is 1.01. The Bertz CT molecular complexity index is 1390. The predicted octanol–water partition coefficient (Wildman–Crippen LogP) is 5.54. The number of fused-ring (bicyclic) bond motifs is 7. The summed E-state index contributed by atoms with van der Waals surface area (Å²) >= 11 is 1.15. The molecule has 3 aromatic rings. The SMILES string of the molecule is CNSNC(=O)c1ccc2c(C3CCCCC3)c3n(c2c1)CC1(C(=O)OC)CC1c1cc(OC)ccc1-3. The van der Waals surface area contributed by atoms with Gasteiger partial charge in [0.1, 0.15) is 5.75 Å². The van der Waals surface area contributed by atoms with Gasteiger partial charge in [-0.1, -0.05) is 25.3 Å². The van der Waals surface area contributed by atoms with Gasteiger partial charge in [-0.25, -0.2) is 4.72 Å². The third kappa shape index (κ3) is 3.84. The van der Waals surface area contributed by atoms with Crippen LogP contribution in [-0.4, -0.2) is 37.7 Å². The zero-order valence-electron chi connectivity index (χ0n) is 21.6. The van der Waals surface area contributed by atoms with Gasteiger partial charge >= 0.3 is 5.97 Å².